The lowest BCUT2D eigenvalue weighted by Crippen LogP contribution is -2.10. The molecule has 0 atom stereocenters. The van der Waals surface area contributed by atoms with Crippen molar-refractivity contribution in [2.45, 2.75) is 13.2 Å². The lowest BCUT2D eigenvalue weighted by atomic mass is 9.96. The standard InChI is InChI=1S/C44H32BrNO2/c1-2-30-12-14-31(15-13-30)28-47-29-32-16-20-37(21-17-32)46(36-9-4-3-5-10-36)38-24-33-8-6-7-11-39(33)41(27-38)34-18-22-40-42-26-35(45)19-23-43(42)48-44(40)25-34/h2-27H,1,28-29H2. The summed E-state index contributed by atoms with van der Waals surface area (Å²) in [6.45, 7) is 4.93. The van der Waals surface area contributed by atoms with Gasteiger partial charge in [-0.1, -0.05) is 114 Å². The maximum Gasteiger partial charge on any atom is 0.136 e. The Bertz CT molecular complexity index is 2390. The normalized spacial score (nSPS) is 11.4. The summed E-state index contributed by atoms with van der Waals surface area (Å²) in [6, 6.07) is 53.4. The van der Waals surface area contributed by atoms with Gasteiger partial charge in [-0.05, 0) is 105 Å². The average Bonchev–Trinajstić information content (AvgIpc) is 3.50. The van der Waals surface area contributed by atoms with Gasteiger partial charge in [0, 0.05) is 32.3 Å². The first-order valence-corrected chi connectivity index (χ1v) is 16.8. The maximum absolute atomic E-state index is 6.33. The largest absolute Gasteiger partial charge is 0.456 e. The molecule has 0 aliphatic rings. The molecular formula is C44H32BrNO2. The van der Waals surface area contributed by atoms with E-state index in [4.69, 9.17) is 9.15 Å². The molecule has 0 radical (unpaired) electrons. The van der Waals surface area contributed by atoms with E-state index in [1.807, 2.05) is 18.2 Å². The van der Waals surface area contributed by atoms with Crippen LogP contribution in [-0.2, 0) is 18.0 Å². The monoisotopic (exact) mass is 685 g/mol. The Morgan fingerprint density at radius 2 is 1.29 bits per heavy atom. The number of hydrogen-bond acceptors (Lipinski definition) is 3. The number of ether oxygens (including phenoxy) is 1. The highest BCUT2D eigenvalue weighted by molar-refractivity contribution is 9.10. The second-order valence-corrected chi connectivity index (χ2v) is 12.9. The first-order chi connectivity index (χ1) is 23.6. The van der Waals surface area contributed by atoms with E-state index in [2.05, 4.69) is 167 Å². The molecule has 7 aromatic carbocycles. The van der Waals surface area contributed by atoms with Gasteiger partial charge in [0.05, 0.1) is 13.2 Å². The highest BCUT2D eigenvalue weighted by Crippen LogP contribution is 2.41. The van der Waals surface area contributed by atoms with Crippen LogP contribution >= 0.6 is 15.9 Å². The predicted molar refractivity (Wildman–Crippen MR) is 204 cm³/mol. The van der Waals surface area contributed by atoms with Gasteiger partial charge >= 0.3 is 0 Å². The number of para-hydroxylation sites is 1. The van der Waals surface area contributed by atoms with Gasteiger partial charge in [-0.2, -0.15) is 0 Å². The zero-order chi connectivity index (χ0) is 32.5. The Labute approximate surface area is 288 Å². The molecule has 1 aromatic heterocycles. The summed E-state index contributed by atoms with van der Waals surface area (Å²) in [5, 5.41) is 4.58. The van der Waals surface area contributed by atoms with Crippen LogP contribution in [0.15, 0.2) is 167 Å². The van der Waals surface area contributed by atoms with E-state index in [0.717, 1.165) is 71.3 Å². The summed E-state index contributed by atoms with van der Waals surface area (Å²) >= 11 is 3.61. The van der Waals surface area contributed by atoms with E-state index in [1.54, 1.807) is 0 Å². The summed E-state index contributed by atoms with van der Waals surface area (Å²) in [5.41, 5.74) is 10.6. The summed E-state index contributed by atoms with van der Waals surface area (Å²) in [6.07, 6.45) is 1.85. The van der Waals surface area contributed by atoms with Gasteiger partial charge in [0.25, 0.3) is 0 Å². The van der Waals surface area contributed by atoms with Crippen molar-refractivity contribution >= 4 is 71.8 Å². The van der Waals surface area contributed by atoms with Gasteiger partial charge in [-0.25, -0.2) is 0 Å². The van der Waals surface area contributed by atoms with E-state index in [9.17, 15) is 0 Å². The summed E-state index contributed by atoms with van der Waals surface area (Å²) < 4.78 is 13.4. The first kappa shape index (κ1) is 29.9. The van der Waals surface area contributed by atoms with Gasteiger partial charge in [0.1, 0.15) is 11.2 Å². The highest BCUT2D eigenvalue weighted by atomic mass is 79.9. The molecule has 232 valence electrons. The van der Waals surface area contributed by atoms with Crippen LogP contribution in [-0.4, -0.2) is 0 Å². The van der Waals surface area contributed by atoms with Crippen LogP contribution in [0.1, 0.15) is 16.7 Å². The fourth-order valence-electron chi connectivity index (χ4n) is 6.38. The van der Waals surface area contributed by atoms with E-state index in [1.165, 1.54) is 10.8 Å². The Hall–Kier alpha value is -5.42. The third-order valence-electron chi connectivity index (χ3n) is 8.81. The Morgan fingerprint density at radius 3 is 2.06 bits per heavy atom. The van der Waals surface area contributed by atoms with E-state index >= 15 is 0 Å². The number of anilines is 3. The van der Waals surface area contributed by atoms with Crippen LogP contribution in [0.4, 0.5) is 17.1 Å². The Morgan fingerprint density at radius 1 is 0.583 bits per heavy atom. The molecule has 4 heteroatoms. The Balaban J connectivity index is 1.16. The lowest BCUT2D eigenvalue weighted by molar-refractivity contribution is 0.107. The predicted octanol–water partition coefficient (Wildman–Crippen LogP) is 13.0. The Kier molecular flexibility index (Phi) is 8.11. The molecule has 3 nitrogen and oxygen atoms in total. The molecule has 8 aromatic rings. The minimum absolute atomic E-state index is 0.538. The average molecular weight is 687 g/mol. The number of benzene rings is 7. The molecule has 0 aliphatic heterocycles. The quantitative estimate of drug-likeness (QED) is 0.151. The van der Waals surface area contributed by atoms with Crippen molar-refractivity contribution in [1.82, 2.24) is 0 Å². The van der Waals surface area contributed by atoms with E-state index < -0.39 is 0 Å². The van der Waals surface area contributed by atoms with Crippen LogP contribution in [0.25, 0.3) is 49.9 Å². The third kappa shape index (κ3) is 5.93. The van der Waals surface area contributed by atoms with Gasteiger partial charge in [-0.15, -0.1) is 0 Å². The van der Waals surface area contributed by atoms with Crippen molar-refractivity contribution in [2.75, 3.05) is 4.90 Å². The van der Waals surface area contributed by atoms with Gasteiger partial charge < -0.3 is 14.1 Å². The van der Waals surface area contributed by atoms with Crippen LogP contribution in [0, 0.1) is 0 Å². The molecule has 0 saturated heterocycles. The smallest absolute Gasteiger partial charge is 0.136 e. The number of fused-ring (bicyclic) bond motifs is 4. The fraction of sp³-hybridized carbons (Fsp3) is 0.0455. The summed E-state index contributed by atoms with van der Waals surface area (Å²) in [4.78, 5) is 2.32. The molecule has 0 bridgehead atoms. The van der Waals surface area contributed by atoms with Crippen LogP contribution in [0.5, 0.6) is 0 Å². The molecular weight excluding hydrogens is 654 g/mol. The van der Waals surface area contributed by atoms with Gasteiger partial charge in [-0.3, -0.25) is 0 Å². The molecule has 1 heterocycles. The molecule has 48 heavy (non-hydrogen) atoms. The molecule has 0 spiro atoms. The maximum atomic E-state index is 6.33. The number of furan rings is 1. The molecule has 0 aliphatic carbocycles. The zero-order valence-corrected chi connectivity index (χ0v) is 27.9. The number of rotatable bonds is 9. The fourth-order valence-corrected chi connectivity index (χ4v) is 6.74. The van der Waals surface area contributed by atoms with Crippen molar-refractivity contribution < 1.29 is 9.15 Å². The van der Waals surface area contributed by atoms with Gasteiger partial charge in [0.2, 0.25) is 0 Å². The van der Waals surface area contributed by atoms with Crippen molar-refractivity contribution in [3.8, 4) is 11.1 Å². The molecule has 0 fully saturated rings. The lowest BCUT2D eigenvalue weighted by Gasteiger charge is -2.27. The topological polar surface area (TPSA) is 25.6 Å². The van der Waals surface area contributed by atoms with Crippen LogP contribution in [0.3, 0.4) is 0 Å². The molecule has 0 saturated carbocycles. The molecule has 0 N–H and O–H groups in total. The minimum Gasteiger partial charge on any atom is -0.456 e. The number of halogens is 1. The second-order valence-electron chi connectivity index (χ2n) is 11.9. The molecule has 8 rings (SSSR count). The summed E-state index contributed by atoms with van der Waals surface area (Å²) in [5.74, 6) is 0. The first-order valence-electron chi connectivity index (χ1n) is 16.0. The van der Waals surface area contributed by atoms with Crippen LogP contribution in [0.2, 0.25) is 0 Å². The molecule has 0 unspecified atom stereocenters. The van der Waals surface area contributed by atoms with Crippen molar-refractivity contribution in [3.63, 3.8) is 0 Å². The van der Waals surface area contributed by atoms with Crippen molar-refractivity contribution in [1.29, 1.82) is 0 Å². The summed E-state index contributed by atoms with van der Waals surface area (Å²) in [7, 11) is 0. The SMILES string of the molecule is C=Cc1ccc(COCc2ccc(N(c3ccccc3)c3cc(-c4ccc5c(c4)oc4ccc(Br)cc45)c4ccccc4c3)cc2)cc1. The highest BCUT2D eigenvalue weighted by Gasteiger charge is 2.17. The number of nitrogens with zero attached hydrogens (tertiary/aromatic N) is 1. The van der Waals surface area contributed by atoms with Crippen LogP contribution < -0.4 is 4.90 Å². The zero-order valence-electron chi connectivity index (χ0n) is 26.3. The van der Waals surface area contributed by atoms with Gasteiger partial charge in [0.15, 0.2) is 0 Å². The number of hydrogen-bond donors (Lipinski definition) is 0. The van der Waals surface area contributed by atoms with Crippen molar-refractivity contribution in [3.05, 3.63) is 179 Å². The van der Waals surface area contributed by atoms with E-state index in [0.29, 0.717) is 13.2 Å². The molecule has 0 amide bonds. The van der Waals surface area contributed by atoms with E-state index in [-0.39, 0.29) is 0 Å². The minimum atomic E-state index is 0.538. The second kappa shape index (κ2) is 13.0. The third-order valence-corrected chi connectivity index (χ3v) is 9.30. The van der Waals surface area contributed by atoms with Crippen molar-refractivity contribution in [2.24, 2.45) is 0 Å².